The van der Waals surface area contributed by atoms with Crippen LogP contribution in [0.2, 0.25) is 0 Å². The molecule has 0 aliphatic carbocycles. The van der Waals surface area contributed by atoms with Gasteiger partial charge < -0.3 is 4.98 Å². The smallest absolute Gasteiger partial charge is 0.139 e. The first-order valence-electron chi connectivity index (χ1n) is 6.88. The van der Waals surface area contributed by atoms with Crippen LogP contribution >= 0.6 is 12.2 Å². The van der Waals surface area contributed by atoms with Crippen molar-refractivity contribution < 1.29 is 0 Å². The molecule has 0 aliphatic rings. The minimum atomic E-state index is 0.600. The molecule has 0 atom stereocenters. The Labute approximate surface area is 129 Å². The van der Waals surface area contributed by atoms with E-state index in [9.17, 15) is 0 Å². The van der Waals surface area contributed by atoms with Gasteiger partial charge in [0.1, 0.15) is 10.5 Å². The van der Waals surface area contributed by atoms with Gasteiger partial charge in [-0.1, -0.05) is 60.2 Å². The van der Waals surface area contributed by atoms with Crippen LogP contribution in [0.1, 0.15) is 11.1 Å². The molecule has 3 rings (SSSR count). The lowest BCUT2D eigenvalue weighted by Gasteiger charge is -2.10. The highest BCUT2D eigenvalue weighted by atomic mass is 32.1. The van der Waals surface area contributed by atoms with Gasteiger partial charge in [-0.2, -0.15) is 0 Å². The van der Waals surface area contributed by atoms with Crippen LogP contribution in [0.15, 0.2) is 54.6 Å². The van der Waals surface area contributed by atoms with Crippen molar-refractivity contribution in [1.82, 2.24) is 9.97 Å². The quantitative estimate of drug-likeness (QED) is 0.666. The lowest BCUT2D eigenvalue weighted by Crippen LogP contribution is -1.94. The number of aryl methyl sites for hydroxylation is 2. The Kier molecular flexibility index (Phi) is 3.67. The van der Waals surface area contributed by atoms with E-state index in [0.29, 0.717) is 4.64 Å². The zero-order valence-electron chi connectivity index (χ0n) is 12.1. The van der Waals surface area contributed by atoms with Crippen molar-refractivity contribution in [3.05, 3.63) is 70.4 Å². The summed E-state index contributed by atoms with van der Waals surface area (Å²) in [7, 11) is 0. The Morgan fingerprint density at radius 2 is 1.71 bits per heavy atom. The summed E-state index contributed by atoms with van der Waals surface area (Å²) >= 11 is 5.33. The number of nitrogens with zero attached hydrogens (tertiary/aromatic N) is 1. The summed E-state index contributed by atoms with van der Waals surface area (Å²) in [6, 6.07) is 18.4. The molecule has 1 heterocycles. The highest BCUT2D eigenvalue weighted by Crippen LogP contribution is 2.25. The van der Waals surface area contributed by atoms with Gasteiger partial charge in [0.25, 0.3) is 0 Å². The van der Waals surface area contributed by atoms with Crippen molar-refractivity contribution in [2.75, 3.05) is 0 Å². The molecule has 0 unspecified atom stereocenters. The van der Waals surface area contributed by atoms with Gasteiger partial charge in [-0.3, -0.25) is 0 Å². The SMILES string of the molecule is Cc1ccc(C)c(-c2cc(=S)nc(-c3ccccc3)[nH]2)c1. The summed E-state index contributed by atoms with van der Waals surface area (Å²) in [5, 5.41) is 0. The summed E-state index contributed by atoms with van der Waals surface area (Å²) in [6.07, 6.45) is 0. The number of H-pyrrole nitrogens is 1. The van der Waals surface area contributed by atoms with E-state index in [0.717, 1.165) is 17.1 Å². The first-order valence-corrected chi connectivity index (χ1v) is 7.29. The minimum absolute atomic E-state index is 0.600. The summed E-state index contributed by atoms with van der Waals surface area (Å²) in [6.45, 7) is 4.20. The summed E-state index contributed by atoms with van der Waals surface area (Å²) in [5.74, 6) is 0.805. The Morgan fingerprint density at radius 3 is 2.48 bits per heavy atom. The first-order chi connectivity index (χ1) is 10.1. The van der Waals surface area contributed by atoms with Crippen molar-refractivity contribution in [2.24, 2.45) is 0 Å². The largest absolute Gasteiger partial charge is 0.339 e. The summed E-state index contributed by atoms with van der Waals surface area (Å²) < 4.78 is 0.600. The van der Waals surface area contributed by atoms with Crippen molar-refractivity contribution >= 4 is 12.2 Å². The molecule has 0 spiro atoms. The van der Waals surface area contributed by atoms with Gasteiger partial charge in [0.2, 0.25) is 0 Å². The van der Waals surface area contributed by atoms with Crippen LogP contribution in [-0.2, 0) is 0 Å². The molecule has 0 saturated heterocycles. The second kappa shape index (κ2) is 5.62. The lowest BCUT2D eigenvalue weighted by molar-refractivity contribution is 1.16. The van der Waals surface area contributed by atoms with Crippen LogP contribution < -0.4 is 0 Å². The molecule has 1 aromatic heterocycles. The molecule has 104 valence electrons. The van der Waals surface area contributed by atoms with E-state index in [1.54, 1.807) is 0 Å². The molecule has 0 fully saturated rings. The van der Waals surface area contributed by atoms with Crippen molar-refractivity contribution in [3.63, 3.8) is 0 Å². The fourth-order valence-corrected chi connectivity index (χ4v) is 2.57. The Hall–Kier alpha value is -2.26. The zero-order chi connectivity index (χ0) is 14.8. The molecule has 0 saturated carbocycles. The van der Waals surface area contributed by atoms with Crippen molar-refractivity contribution in [3.8, 4) is 22.6 Å². The predicted molar refractivity (Wildman–Crippen MR) is 89.8 cm³/mol. The molecule has 21 heavy (non-hydrogen) atoms. The van der Waals surface area contributed by atoms with Gasteiger partial charge in [0.05, 0.1) is 5.69 Å². The second-order valence-corrected chi connectivity index (χ2v) is 5.58. The molecular weight excluding hydrogens is 276 g/mol. The fourth-order valence-electron chi connectivity index (χ4n) is 2.36. The number of hydrogen-bond acceptors (Lipinski definition) is 2. The third-order valence-electron chi connectivity index (χ3n) is 3.47. The molecule has 2 nitrogen and oxygen atoms in total. The van der Waals surface area contributed by atoms with E-state index in [1.165, 1.54) is 16.7 Å². The van der Waals surface area contributed by atoms with E-state index in [-0.39, 0.29) is 0 Å². The number of rotatable bonds is 2. The Bertz CT molecular complexity index is 835. The summed E-state index contributed by atoms with van der Waals surface area (Å²) in [5.41, 5.74) is 5.66. The molecule has 3 heteroatoms. The molecular formula is C18H16N2S. The summed E-state index contributed by atoms with van der Waals surface area (Å²) in [4.78, 5) is 7.85. The number of nitrogens with one attached hydrogen (secondary N) is 1. The maximum Gasteiger partial charge on any atom is 0.139 e. The molecule has 0 amide bonds. The monoisotopic (exact) mass is 292 g/mol. The molecule has 0 bridgehead atoms. The van der Waals surface area contributed by atoms with Gasteiger partial charge >= 0.3 is 0 Å². The lowest BCUT2D eigenvalue weighted by atomic mass is 10.0. The Morgan fingerprint density at radius 1 is 0.952 bits per heavy atom. The average molecular weight is 292 g/mol. The van der Waals surface area contributed by atoms with E-state index in [4.69, 9.17) is 12.2 Å². The van der Waals surface area contributed by atoms with Gasteiger partial charge in [-0.05, 0) is 31.5 Å². The van der Waals surface area contributed by atoms with Crippen LogP contribution in [-0.4, -0.2) is 9.97 Å². The van der Waals surface area contributed by atoms with Crippen molar-refractivity contribution in [1.29, 1.82) is 0 Å². The maximum absolute atomic E-state index is 5.33. The van der Waals surface area contributed by atoms with Gasteiger partial charge in [-0.15, -0.1) is 0 Å². The number of aromatic nitrogens is 2. The molecule has 3 aromatic rings. The van der Waals surface area contributed by atoms with Crippen LogP contribution in [0.4, 0.5) is 0 Å². The number of hydrogen-bond donors (Lipinski definition) is 1. The van der Waals surface area contributed by atoms with E-state index >= 15 is 0 Å². The predicted octanol–water partition coefficient (Wildman–Crippen LogP) is 5.09. The van der Waals surface area contributed by atoms with Gasteiger partial charge in [0.15, 0.2) is 0 Å². The average Bonchev–Trinajstić information content (AvgIpc) is 2.50. The maximum atomic E-state index is 5.33. The molecule has 2 aromatic carbocycles. The van der Waals surface area contributed by atoms with E-state index < -0.39 is 0 Å². The van der Waals surface area contributed by atoms with Crippen LogP contribution in [0.25, 0.3) is 22.6 Å². The molecule has 0 aliphatic heterocycles. The molecule has 1 N–H and O–H groups in total. The van der Waals surface area contributed by atoms with Crippen molar-refractivity contribution in [2.45, 2.75) is 13.8 Å². The van der Waals surface area contributed by atoms with E-state index in [2.05, 4.69) is 42.0 Å². The topological polar surface area (TPSA) is 28.7 Å². The Balaban J connectivity index is 2.19. The van der Waals surface area contributed by atoms with Crippen LogP contribution in [0, 0.1) is 18.5 Å². The van der Waals surface area contributed by atoms with Gasteiger partial charge in [0, 0.05) is 11.1 Å². The van der Waals surface area contributed by atoms with Gasteiger partial charge in [-0.25, -0.2) is 4.98 Å². The minimum Gasteiger partial charge on any atom is -0.339 e. The highest BCUT2D eigenvalue weighted by molar-refractivity contribution is 7.71. The number of benzene rings is 2. The number of aromatic amines is 1. The third-order valence-corrected chi connectivity index (χ3v) is 3.68. The fraction of sp³-hybridized carbons (Fsp3) is 0.111. The van der Waals surface area contributed by atoms with E-state index in [1.807, 2.05) is 36.4 Å². The highest BCUT2D eigenvalue weighted by Gasteiger charge is 2.06. The third kappa shape index (κ3) is 2.93. The standard InChI is InChI=1S/C18H16N2S/c1-12-8-9-13(2)15(10-12)16-11-17(21)20-18(19-16)14-6-4-3-5-7-14/h3-11H,1-2H3,(H,19,20,21). The first kappa shape index (κ1) is 13.7. The van der Waals surface area contributed by atoms with Crippen LogP contribution in [0.3, 0.4) is 0 Å². The molecule has 0 radical (unpaired) electrons. The zero-order valence-corrected chi connectivity index (χ0v) is 12.9. The normalized spacial score (nSPS) is 10.6. The van der Waals surface area contributed by atoms with Crippen LogP contribution in [0.5, 0.6) is 0 Å². The second-order valence-electron chi connectivity index (χ2n) is 5.17.